The van der Waals surface area contributed by atoms with E-state index >= 15 is 0 Å². The van der Waals surface area contributed by atoms with Gasteiger partial charge in [-0.25, -0.2) is 0 Å². The second-order valence-corrected chi connectivity index (χ2v) is 7.11. The van der Waals surface area contributed by atoms with Gasteiger partial charge >= 0.3 is 0 Å². The summed E-state index contributed by atoms with van der Waals surface area (Å²) in [6, 6.07) is 1.59. The van der Waals surface area contributed by atoms with Crippen LogP contribution in [0.5, 0.6) is 0 Å². The maximum atomic E-state index is 12.0. The van der Waals surface area contributed by atoms with E-state index in [9.17, 15) is 4.79 Å². The second-order valence-electron chi connectivity index (χ2n) is 4.82. The fraction of sp³-hybridized carbons (Fsp3) is 0.615. The van der Waals surface area contributed by atoms with Crippen LogP contribution in [-0.2, 0) is 9.47 Å². The third-order valence-electron chi connectivity index (χ3n) is 3.06. The highest BCUT2D eigenvalue weighted by molar-refractivity contribution is 7.20. The minimum absolute atomic E-state index is 0.0386. The van der Waals surface area contributed by atoms with Gasteiger partial charge in [-0.3, -0.25) is 4.79 Å². The number of halogens is 2. The van der Waals surface area contributed by atoms with Crippen LogP contribution in [0.2, 0.25) is 8.67 Å². The molecule has 6 heteroatoms. The molecule has 19 heavy (non-hydrogen) atoms. The first-order chi connectivity index (χ1) is 8.95. The summed E-state index contributed by atoms with van der Waals surface area (Å²) in [6.45, 7) is 4.07. The molecule has 2 heterocycles. The van der Waals surface area contributed by atoms with E-state index in [0.29, 0.717) is 14.2 Å². The Kier molecular flexibility index (Phi) is 5.26. The molecular weight excluding hydrogens is 307 g/mol. The van der Waals surface area contributed by atoms with E-state index in [1.807, 2.05) is 13.8 Å². The Morgan fingerprint density at radius 2 is 2.05 bits per heavy atom. The molecule has 1 aromatic rings. The molecule has 0 aromatic carbocycles. The third kappa shape index (κ3) is 4.17. The third-order valence-corrected chi connectivity index (χ3v) is 4.55. The summed E-state index contributed by atoms with van der Waals surface area (Å²) in [5, 5.41) is 0. The van der Waals surface area contributed by atoms with E-state index in [2.05, 4.69) is 0 Å². The van der Waals surface area contributed by atoms with Crippen molar-refractivity contribution in [3.05, 3.63) is 20.3 Å². The van der Waals surface area contributed by atoms with Crippen molar-refractivity contribution in [1.82, 2.24) is 0 Å². The van der Waals surface area contributed by atoms with Gasteiger partial charge in [0.05, 0.1) is 28.2 Å². The van der Waals surface area contributed by atoms with Gasteiger partial charge in [-0.15, -0.1) is 11.3 Å². The molecule has 106 valence electrons. The van der Waals surface area contributed by atoms with E-state index in [-0.39, 0.29) is 30.7 Å². The summed E-state index contributed by atoms with van der Waals surface area (Å²) < 4.78 is 12.2. The lowest BCUT2D eigenvalue weighted by Crippen LogP contribution is -2.35. The molecule has 0 spiro atoms. The van der Waals surface area contributed by atoms with Crippen molar-refractivity contribution in [3.63, 3.8) is 0 Å². The van der Waals surface area contributed by atoms with Gasteiger partial charge in [-0.2, -0.15) is 0 Å². The average Bonchev–Trinajstić information content (AvgIpc) is 2.64. The molecule has 2 atom stereocenters. The molecule has 1 aliphatic rings. The number of ether oxygens (including phenoxy) is 2. The summed E-state index contributed by atoms with van der Waals surface area (Å²) in [7, 11) is 0. The Balaban J connectivity index is 1.88. The standard InChI is InChI=1S/C13H16Cl2O3S/c1-7-3-9(4-8(2)18-7)17-6-11(16)10-5-12(14)19-13(10)15/h5,7-9H,3-4,6H2,1-2H3. The van der Waals surface area contributed by atoms with E-state index < -0.39 is 0 Å². The Morgan fingerprint density at radius 3 is 2.58 bits per heavy atom. The van der Waals surface area contributed by atoms with Crippen molar-refractivity contribution in [3.8, 4) is 0 Å². The molecule has 3 nitrogen and oxygen atoms in total. The highest BCUT2D eigenvalue weighted by Crippen LogP contribution is 2.31. The van der Waals surface area contributed by atoms with Crippen molar-refractivity contribution >= 4 is 40.3 Å². The zero-order valence-corrected chi connectivity index (χ0v) is 13.1. The molecular formula is C13H16Cl2O3S. The van der Waals surface area contributed by atoms with E-state index in [0.717, 1.165) is 12.8 Å². The number of rotatable bonds is 4. The van der Waals surface area contributed by atoms with Crippen LogP contribution in [0.4, 0.5) is 0 Å². The summed E-state index contributed by atoms with van der Waals surface area (Å²) in [6.07, 6.45) is 2.03. The fourth-order valence-corrected chi connectivity index (χ4v) is 3.78. The monoisotopic (exact) mass is 322 g/mol. The largest absolute Gasteiger partial charge is 0.375 e. The van der Waals surface area contributed by atoms with Crippen LogP contribution in [0.15, 0.2) is 6.07 Å². The van der Waals surface area contributed by atoms with E-state index in [4.69, 9.17) is 32.7 Å². The van der Waals surface area contributed by atoms with Crippen molar-refractivity contribution in [2.75, 3.05) is 6.61 Å². The van der Waals surface area contributed by atoms with Crippen molar-refractivity contribution in [2.24, 2.45) is 0 Å². The number of hydrogen-bond acceptors (Lipinski definition) is 4. The minimum atomic E-state index is -0.125. The molecule has 1 aliphatic heterocycles. The predicted octanol–water partition coefficient (Wildman–Crippen LogP) is 4.21. The number of hydrogen-bond donors (Lipinski definition) is 0. The van der Waals surface area contributed by atoms with Crippen LogP contribution in [-0.4, -0.2) is 30.7 Å². The Labute approximate surface area is 126 Å². The van der Waals surface area contributed by atoms with Crippen LogP contribution in [0.1, 0.15) is 37.0 Å². The first-order valence-corrected chi connectivity index (χ1v) is 7.78. The maximum absolute atomic E-state index is 12.0. The molecule has 0 N–H and O–H groups in total. The fourth-order valence-electron chi connectivity index (χ4n) is 2.28. The van der Waals surface area contributed by atoms with Crippen LogP contribution >= 0.6 is 34.5 Å². The molecule has 1 fully saturated rings. The van der Waals surface area contributed by atoms with Gasteiger partial charge in [-0.1, -0.05) is 23.2 Å². The van der Waals surface area contributed by atoms with Crippen LogP contribution in [0.3, 0.4) is 0 Å². The Bertz CT molecular complexity index is 451. The molecule has 2 rings (SSSR count). The smallest absolute Gasteiger partial charge is 0.190 e. The summed E-state index contributed by atoms with van der Waals surface area (Å²) in [4.78, 5) is 12.0. The molecule has 2 unspecified atom stereocenters. The van der Waals surface area contributed by atoms with Gasteiger partial charge in [0.1, 0.15) is 10.9 Å². The molecule has 0 aliphatic carbocycles. The number of thiophene rings is 1. The lowest BCUT2D eigenvalue weighted by atomic mass is 10.0. The van der Waals surface area contributed by atoms with Gasteiger partial charge < -0.3 is 9.47 Å². The highest BCUT2D eigenvalue weighted by Gasteiger charge is 2.26. The summed E-state index contributed by atoms with van der Waals surface area (Å²) in [5.74, 6) is -0.125. The lowest BCUT2D eigenvalue weighted by Gasteiger charge is -2.31. The van der Waals surface area contributed by atoms with Crippen molar-refractivity contribution < 1.29 is 14.3 Å². The Morgan fingerprint density at radius 1 is 1.42 bits per heavy atom. The van der Waals surface area contributed by atoms with Crippen molar-refractivity contribution in [2.45, 2.75) is 45.0 Å². The quantitative estimate of drug-likeness (QED) is 0.779. The molecule has 0 radical (unpaired) electrons. The lowest BCUT2D eigenvalue weighted by molar-refractivity contribution is -0.0975. The van der Waals surface area contributed by atoms with E-state index in [1.165, 1.54) is 11.3 Å². The zero-order valence-electron chi connectivity index (χ0n) is 10.8. The molecule has 1 saturated heterocycles. The van der Waals surface area contributed by atoms with Gasteiger partial charge in [-0.05, 0) is 32.8 Å². The van der Waals surface area contributed by atoms with Crippen LogP contribution < -0.4 is 0 Å². The number of ketones is 1. The van der Waals surface area contributed by atoms with Gasteiger partial charge in [0, 0.05) is 0 Å². The average molecular weight is 323 g/mol. The predicted molar refractivity (Wildman–Crippen MR) is 77.7 cm³/mol. The molecule has 1 aromatic heterocycles. The zero-order chi connectivity index (χ0) is 14.0. The minimum Gasteiger partial charge on any atom is -0.375 e. The van der Waals surface area contributed by atoms with E-state index in [1.54, 1.807) is 6.07 Å². The maximum Gasteiger partial charge on any atom is 0.190 e. The number of carbonyl (C=O) groups is 1. The van der Waals surface area contributed by atoms with Crippen LogP contribution in [0.25, 0.3) is 0 Å². The normalized spacial score (nSPS) is 27.5. The Hall–Kier alpha value is -0.130. The van der Waals surface area contributed by atoms with Gasteiger partial charge in [0.15, 0.2) is 5.78 Å². The first-order valence-electron chi connectivity index (χ1n) is 6.20. The SMILES string of the molecule is CC1CC(OCC(=O)c2cc(Cl)sc2Cl)CC(C)O1. The molecule has 0 saturated carbocycles. The first kappa shape index (κ1) is 15.3. The topological polar surface area (TPSA) is 35.5 Å². The highest BCUT2D eigenvalue weighted by atomic mass is 35.5. The second kappa shape index (κ2) is 6.55. The molecule has 0 amide bonds. The number of Topliss-reactive ketones (excluding diaryl/α,β-unsaturated/α-hetero) is 1. The number of carbonyl (C=O) groups excluding carboxylic acids is 1. The van der Waals surface area contributed by atoms with Crippen LogP contribution in [0, 0.1) is 0 Å². The van der Waals surface area contributed by atoms with Crippen molar-refractivity contribution in [1.29, 1.82) is 0 Å². The van der Waals surface area contributed by atoms with Gasteiger partial charge in [0.2, 0.25) is 0 Å². The summed E-state index contributed by atoms with van der Waals surface area (Å²) >= 11 is 13.0. The molecule has 0 bridgehead atoms. The summed E-state index contributed by atoms with van der Waals surface area (Å²) in [5.41, 5.74) is 0.449. The van der Waals surface area contributed by atoms with Gasteiger partial charge in [0.25, 0.3) is 0 Å².